The van der Waals surface area contributed by atoms with E-state index in [9.17, 15) is 0 Å². The van der Waals surface area contributed by atoms with Gasteiger partial charge in [-0.05, 0) is 30.6 Å². The molecule has 2 rings (SSSR count). The fraction of sp³-hybridized carbons (Fsp3) is 0.562. The number of hydrogen-bond acceptors (Lipinski definition) is 4. The SMILES string of the molecule is CCCNC(Cc1nc(C(C)(C)C)cs1)c1ccoc1Cl. The summed E-state index contributed by atoms with van der Waals surface area (Å²) in [6.45, 7) is 9.66. The zero-order valence-electron chi connectivity index (χ0n) is 13.1. The molecule has 2 aromatic rings. The van der Waals surface area contributed by atoms with Gasteiger partial charge in [-0.3, -0.25) is 0 Å². The average Bonchev–Trinajstić information content (AvgIpc) is 3.02. The fourth-order valence-corrected chi connectivity index (χ4v) is 3.40. The van der Waals surface area contributed by atoms with Crippen LogP contribution in [0.15, 0.2) is 22.1 Å². The molecular formula is C16H23ClN2OS. The smallest absolute Gasteiger partial charge is 0.197 e. The molecule has 0 saturated carbocycles. The third kappa shape index (κ3) is 4.31. The summed E-state index contributed by atoms with van der Waals surface area (Å²) in [5, 5.41) is 7.29. The minimum Gasteiger partial charge on any atom is -0.453 e. The molecule has 0 radical (unpaired) electrons. The van der Waals surface area contributed by atoms with Crippen molar-refractivity contribution in [2.45, 2.75) is 52.0 Å². The molecule has 0 aromatic carbocycles. The maximum absolute atomic E-state index is 6.13. The van der Waals surface area contributed by atoms with Gasteiger partial charge in [0.25, 0.3) is 0 Å². The Labute approximate surface area is 135 Å². The number of nitrogens with zero attached hydrogens (tertiary/aromatic N) is 1. The second kappa shape index (κ2) is 6.95. The van der Waals surface area contributed by atoms with Gasteiger partial charge >= 0.3 is 0 Å². The van der Waals surface area contributed by atoms with E-state index in [-0.39, 0.29) is 11.5 Å². The molecule has 0 aliphatic rings. The maximum atomic E-state index is 6.13. The predicted molar refractivity (Wildman–Crippen MR) is 89.3 cm³/mol. The van der Waals surface area contributed by atoms with Gasteiger partial charge in [-0.1, -0.05) is 27.7 Å². The van der Waals surface area contributed by atoms with E-state index in [1.165, 1.54) is 0 Å². The van der Waals surface area contributed by atoms with Gasteiger partial charge in [0.1, 0.15) is 0 Å². The zero-order chi connectivity index (χ0) is 15.5. The van der Waals surface area contributed by atoms with Crippen LogP contribution in [0.3, 0.4) is 0 Å². The Morgan fingerprint density at radius 1 is 1.43 bits per heavy atom. The third-order valence-corrected chi connectivity index (χ3v) is 4.54. The van der Waals surface area contributed by atoms with E-state index >= 15 is 0 Å². The van der Waals surface area contributed by atoms with E-state index in [1.807, 2.05) is 6.07 Å². The van der Waals surface area contributed by atoms with Gasteiger partial charge in [0.15, 0.2) is 5.22 Å². The molecule has 2 aromatic heterocycles. The predicted octanol–water partition coefficient (Wildman–Crippen LogP) is 4.97. The average molecular weight is 327 g/mol. The molecule has 5 heteroatoms. The van der Waals surface area contributed by atoms with Crippen molar-refractivity contribution < 1.29 is 4.42 Å². The molecule has 2 heterocycles. The van der Waals surface area contributed by atoms with Gasteiger partial charge in [0.2, 0.25) is 0 Å². The summed E-state index contributed by atoms with van der Waals surface area (Å²) in [4.78, 5) is 4.77. The van der Waals surface area contributed by atoms with Crippen LogP contribution in [0.4, 0.5) is 0 Å². The van der Waals surface area contributed by atoms with Crippen molar-refractivity contribution in [2.75, 3.05) is 6.54 Å². The Morgan fingerprint density at radius 2 is 2.19 bits per heavy atom. The minimum atomic E-state index is 0.0916. The Morgan fingerprint density at radius 3 is 2.71 bits per heavy atom. The Balaban J connectivity index is 2.15. The number of aromatic nitrogens is 1. The molecule has 0 amide bonds. The topological polar surface area (TPSA) is 38.1 Å². The molecule has 1 N–H and O–H groups in total. The summed E-state index contributed by atoms with van der Waals surface area (Å²) in [6.07, 6.45) is 3.55. The molecule has 0 fully saturated rings. The highest BCUT2D eigenvalue weighted by molar-refractivity contribution is 7.09. The molecule has 3 nitrogen and oxygen atoms in total. The van der Waals surface area contributed by atoms with E-state index in [1.54, 1.807) is 17.6 Å². The van der Waals surface area contributed by atoms with Crippen LogP contribution in [-0.2, 0) is 11.8 Å². The number of nitrogens with one attached hydrogen (secondary N) is 1. The summed E-state index contributed by atoms with van der Waals surface area (Å²) < 4.78 is 5.23. The molecule has 0 spiro atoms. The molecule has 0 aliphatic carbocycles. The van der Waals surface area contributed by atoms with Crippen molar-refractivity contribution >= 4 is 22.9 Å². The van der Waals surface area contributed by atoms with E-state index in [4.69, 9.17) is 21.0 Å². The Hall–Kier alpha value is -0.840. The van der Waals surface area contributed by atoms with Crippen LogP contribution in [0.25, 0.3) is 0 Å². The Kier molecular flexibility index (Phi) is 5.47. The number of furan rings is 1. The second-order valence-corrected chi connectivity index (χ2v) is 7.52. The molecule has 0 saturated heterocycles. The van der Waals surface area contributed by atoms with Gasteiger partial charge in [0.05, 0.1) is 17.0 Å². The first-order valence-electron chi connectivity index (χ1n) is 7.33. The molecular weight excluding hydrogens is 304 g/mol. The van der Waals surface area contributed by atoms with Crippen LogP contribution >= 0.6 is 22.9 Å². The molecule has 21 heavy (non-hydrogen) atoms. The van der Waals surface area contributed by atoms with Gasteiger partial charge < -0.3 is 9.73 Å². The zero-order valence-corrected chi connectivity index (χ0v) is 14.6. The van der Waals surface area contributed by atoms with Gasteiger partial charge in [-0.2, -0.15) is 0 Å². The van der Waals surface area contributed by atoms with Crippen molar-refractivity contribution in [3.8, 4) is 0 Å². The largest absolute Gasteiger partial charge is 0.453 e. The van der Waals surface area contributed by atoms with E-state index < -0.39 is 0 Å². The van der Waals surface area contributed by atoms with Crippen LogP contribution in [0.2, 0.25) is 5.22 Å². The van der Waals surface area contributed by atoms with Crippen LogP contribution in [0, 0.1) is 0 Å². The summed E-state index contributed by atoms with van der Waals surface area (Å²) in [5.74, 6) is 0. The van der Waals surface area contributed by atoms with Crippen molar-refractivity contribution in [3.63, 3.8) is 0 Å². The third-order valence-electron chi connectivity index (χ3n) is 3.36. The van der Waals surface area contributed by atoms with Crippen molar-refractivity contribution in [1.29, 1.82) is 0 Å². The quantitative estimate of drug-likeness (QED) is 0.814. The molecule has 0 aliphatic heterocycles. The number of thiazole rings is 1. The minimum absolute atomic E-state index is 0.0916. The lowest BCUT2D eigenvalue weighted by atomic mass is 9.93. The first kappa shape index (κ1) is 16.5. The first-order chi connectivity index (χ1) is 9.91. The number of halogens is 1. The van der Waals surface area contributed by atoms with E-state index in [2.05, 4.69) is 38.4 Å². The van der Waals surface area contributed by atoms with Crippen LogP contribution in [0.1, 0.15) is 56.4 Å². The summed E-state index contributed by atoms with van der Waals surface area (Å²) in [6, 6.07) is 2.09. The summed E-state index contributed by atoms with van der Waals surface area (Å²) >= 11 is 7.85. The number of rotatable bonds is 6. The highest BCUT2D eigenvalue weighted by atomic mass is 35.5. The molecule has 0 bridgehead atoms. The van der Waals surface area contributed by atoms with E-state index in [0.717, 1.165) is 35.7 Å². The monoisotopic (exact) mass is 326 g/mol. The fourth-order valence-electron chi connectivity index (χ4n) is 2.09. The molecule has 1 atom stereocenters. The van der Waals surface area contributed by atoms with Crippen molar-refractivity contribution in [3.05, 3.63) is 39.2 Å². The normalized spacial score (nSPS) is 13.6. The standard InChI is InChI=1S/C16H23ClN2OS/c1-5-7-18-12(11-6-8-20-15(11)17)9-14-19-13(10-21-14)16(2,3)4/h6,8,10,12,18H,5,7,9H2,1-4H3. The molecule has 1 unspecified atom stereocenters. The van der Waals surface area contributed by atoms with Gasteiger partial charge in [0, 0.05) is 28.8 Å². The molecule has 116 valence electrons. The maximum Gasteiger partial charge on any atom is 0.197 e. The van der Waals surface area contributed by atoms with Crippen LogP contribution < -0.4 is 5.32 Å². The van der Waals surface area contributed by atoms with Gasteiger partial charge in [-0.15, -0.1) is 11.3 Å². The van der Waals surface area contributed by atoms with E-state index in [0.29, 0.717) is 5.22 Å². The summed E-state index contributed by atoms with van der Waals surface area (Å²) in [5.41, 5.74) is 2.25. The van der Waals surface area contributed by atoms with Crippen LogP contribution in [-0.4, -0.2) is 11.5 Å². The highest BCUT2D eigenvalue weighted by Crippen LogP contribution is 2.30. The van der Waals surface area contributed by atoms with Gasteiger partial charge in [-0.25, -0.2) is 4.98 Å². The Bertz CT molecular complexity index is 571. The van der Waals surface area contributed by atoms with Crippen LogP contribution in [0.5, 0.6) is 0 Å². The lowest BCUT2D eigenvalue weighted by Crippen LogP contribution is -2.24. The second-order valence-electron chi connectivity index (χ2n) is 6.24. The summed E-state index contributed by atoms with van der Waals surface area (Å²) in [7, 11) is 0. The number of hydrogen-bond donors (Lipinski definition) is 1. The van der Waals surface area contributed by atoms with Crippen molar-refractivity contribution in [1.82, 2.24) is 10.3 Å². The first-order valence-corrected chi connectivity index (χ1v) is 8.58. The lowest BCUT2D eigenvalue weighted by molar-refractivity contribution is 0.509. The lowest BCUT2D eigenvalue weighted by Gasteiger charge is -2.17. The van der Waals surface area contributed by atoms with Crippen molar-refractivity contribution in [2.24, 2.45) is 0 Å². The highest BCUT2D eigenvalue weighted by Gasteiger charge is 2.21.